The Morgan fingerprint density at radius 2 is 1.19 bits per heavy atom. The minimum atomic E-state index is -0.0760. The summed E-state index contributed by atoms with van der Waals surface area (Å²) in [6.45, 7) is 2.51. The number of methoxy groups -OCH3 is 5. The summed E-state index contributed by atoms with van der Waals surface area (Å²) >= 11 is 0. The molecule has 0 atom stereocenters. The van der Waals surface area contributed by atoms with Crippen LogP contribution in [0.1, 0.15) is 6.92 Å². The van der Waals surface area contributed by atoms with Crippen LogP contribution in [0.4, 0.5) is 0 Å². The second-order valence-corrected chi connectivity index (χ2v) is 7.02. The minimum absolute atomic E-state index is 0.0760. The van der Waals surface area contributed by atoms with Crippen LogP contribution >= 0.6 is 0 Å². The van der Waals surface area contributed by atoms with E-state index in [2.05, 4.69) is 0 Å². The van der Waals surface area contributed by atoms with Crippen molar-refractivity contribution in [1.29, 1.82) is 0 Å². The first-order valence-electron chi connectivity index (χ1n) is 9.88. The number of hydrogen-bond acceptors (Lipinski definition) is 6. The molecule has 7 nitrogen and oxygen atoms in total. The molecule has 1 heterocycles. The second-order valence-electron chi connectivity index (χ2n) is 7.02. The minimum Gasteiger partial charge on any atom is -0.493 e. The van der Waals surface area contributed by atoms with E-state index in [1.165, 1.54) is 0 Å². The van der Waals surface area contributed by atoms with Gasteiger partial charge in [0.25, 0.3) is 5.56 Å². The van der Waals surface area contributed by atoms with Crippen molar-refractivity contribution in [2.24, 2.45) is 0 Å². The molecular weight excluding hydrogens is 398 g/mol. The van der Waals surface area contributed by atoms with Crippen molar-refractivity contribution in [3.8, 4) is 28.7 Å². The third-order valence-corrected chi connectivity index (χ3v) is 5.69. The van der Waals surface area contributed by atoms with Crippen molar-refractivity contribution < 1.29 is 23.7 Å². The van der Waals surface area contributed by atoms with E-state index in [-0.39, 0.29) is 5.56 Å². The molecule has 0 fully saturated rings. The van der Waals surface area contributed by atoms with Gasteiger partial charge in [0, 0.05) is 18.1 Å². The average molecular weight is 423 g/mol. The molecule has 4 aromatic rings. The van der Waals surface area contributed by atoms with Crippen molar-refractivity contribution in [2.75, 3.05) is 35.5 Å². The first-order valence-corrected chi connectivity index (χ1v) is 9.88. The standard InChI is InChI=1S/C24H25NO6/c1-7-25-9-8-13-14-12-19(29-4)22(30-5)23(31-6)20(14)15-10-17(27-2)18(28-3)11-16(15)21(13)24(25)26/h8-12H,7H2,1-6H3. The Morgan fingerprint density at radius 3 is 1.71 bits per heavy atom. The van der Waals surface area contributed by atoms with Gasteiger partial charge in [0.15, 0.2) is 23.0 Å². The lowest BCUT2D eigenvalue weighted by Gasteiger charge is -2.19. The van der Waals surface area contributed by atoms with Crippen molar-refractivity contribution in [3.63, 3.8) is 0 Å². The number of benzene rings is 3. The van der Waals surface area contributed by atoms with Crippen molar-refractivity contribution in [2.45, 2.75) is 13.5 Å². The van der Waals surface area contributed by atoms with Gasteiger partial charge in [0.05, 0.1) is 40.9 Å². The van der Waals surface area contributed by atoms with Gasteiger partial charge in [0.2, 0.25) is 5.75 Å². The number of fused-ring (bicyclic) bond motifs is 6. The molecule has 0 spiro atoms. The molecule has 0 bridgehead atoms. The van der Waals surface area contributed by atoms with Crippen LogP contribution in [0.3, 0.4) is 0 Å². The van der Waals surface area contributed by atoms with Crippen LogP contribution in [0.25, 0.3) is 32.3 Å². The van der Waals surface area contributed by atoms with E-state index >= 15 is 0 Å². The summed E-state index contributed by atoms with van der Waals surface area (Å²) < 4.78 is 29.7. The Labute approximate surface area is 179 Å². The lowest BCUT2D eigenvalue weighted by Crippen LogP contribution is -2.18. The van der Waals surface area contributed by atoms with Crippen LogP contribution < -0.4 is 29.2 Å². The summed E-state index contributed by atoms with van der Waals surface area (Å²) in [6.07, 6.45) is 1.81. The first kappa shape index (κ1) is 20.7. The van der Waals surface area contributed by atoms with Crippen molar-refractivity contribution >= 4 is 32.3 Å². The highest BCUT2D eigenvalue weighted by molar-refractivity contribution is 6.27. The topological polar surface area (TPSA) is 68.2 Å². The van der Waals surface area contributed by atoms with Crippen molar-refractivity contribution in [1.82, 2.24) is 4.57 Å². The largest absolute Gasteiger partial charge is 0.493 e. The predicted octanol–water partition coefficient (Wildman–Crippen LogP) is 4.37. The molecule has 0 aliphatic carbocycles. The SMILES string of the molecule is CCn1ccc2c3cc(OC)c(OC)c(OC)c3c3cc(OC)c(OC)cc3c2c1=O. The van der Waals surface area contributed by atoms with Gasteiger partial charge < -0.3 is 28.3 Å². The Balaban J connectivity index is 2.41. The Morgan fingerprint density at radius 1 is 0.677 bits per heavy atom. The van der Waals surface area contributed by atoms with Crippen LogP contribution in [-0.2, 0) is 6.54 Å². The van der Waals surface area contributed by atoms with Crippen LogP contribution in [-0.4, -0.2) is 40.1 Å². The van der Waals surface area contributed by atoms with Crippen LogP contribution in [0, 0.1) is 0 Å². The van der Waals surface area contributed by atoms with E-state index in [9.17, 15) is 4.79 Å². The van der Waals surface area contributed by atoms with Gasteiger partial charge in [-0.25, -0.2) is 0 Å². The molecule has 4 rings (SSSR count). The zero-order chi connectivity index (χ0) is 22.3. The van der Waals surface area contributed by atoms with Crippen LogP contribution in [0.15, 0.2) is 35.3 Å². The third kappa shape index (κ3) is 2.91. The van der Waals surface area contributed by atoms with Gasteiger partial charge in [-0.15, -0.1) is 0 Å². The van der Waals surface area contributed by atoms with E-state index in [4.69, 9.17) is 23.7 Å². The number of nitrogens with zero attached hydrogens (tertiary/aromatic N) is 1. The molecular formula is C24H25NO6. The predicted molar refractivity (Wildman–Crippen MR) is 122 cm³/mol. The van der Waals surface area contributed by atoms with E-state index < -0.39 is 0 Å². The van der Waals surface area contributed by atoms with Crippen LogP contribution in [0.5, 0.6) is 28.7 Å². The Kier molecular flexibility index (Phi) is 5.27. The third-order valence-electron chi connectivity index (χ3n) is 5.69. The van der Waals surface area contributed by atoms with Gasteiger partial charge in [-0.3, -0.25) is 4.79 Å². The average Bonchev–Trinajstić information content (AvgIpc) is 2.81. The molecule has 1 aromatic heterocycles. The first-order chi connectivity index (χ1) is 15.0. The number of ether oxygens (including phenoxy) is 5. The van der Waals surface area contributed by atoms with Gasteiger partial charge in [-0.1, -0.05) is 0 Å². The lowest BCUT2D eigenvalue weighted by atomic mass is 9.93. The molecule has 0 saturated carbocycles. The number of pyridine rings is 1. The van der Waals surface area contributed by atoms with Gasteiger partial charge in [0.1, 0.15) is 0 Å². The molecule has 0 N–H and O–H groups in total. The molecule has 162 valence electrons. The monoisotopic (exact) mass is 423 g/mol. The van der Waals surface area contributed by atoms with E-state index in [1.807, 2.05) is 31.2 Å². The molecule has 0 saturated heterocycles. The maximum atomic E-state index is 13.4. The number of aromatic nitrogens is 1. The Bertz CT molecular complexity index is 1370. The highest BCUT2D eigenvalue weighted by Gasteiger charge is 2.23. The summed E-state index contributed by atoms with van der Waals surface area (Å²) in [5, 5.41) is 4.56. The fourth-order valence-corrected chi connectivity index (χ4v) is 4.24. The summed E-state index contributed by atoms with van der Waals surface area (Å²) in [7, 11) is 7.88. The smallest absolute Gasteiger partial charge is 0.259 e. The summed E-state index contributed by atoms with van der Waals surface area (Å²) in [5.74, 6) is 2.62. The number of aryl methyl sites for hydroxylation is 1. The summed E-state index contributed by atoms with van der Waals surface area (Å²) in [6, 6.07) is 7.54. The normalized spacial score (nSPS) is 11.2. The maximum Gasteiger partial charge on any atom is 0.259 e. The highest BCUT2D eigenvalue weighted by atomic mass is 16.5. The second kappa shape index (κ2) is 7.91. The molecule has 0 aliphatic rings. The molecule has 7 heteroatoms. The maximum absolute atomic E-state index is 13.4. The lowest BCUT2D eigenvalue weighted by molar-refractivity contribution is 0.327. The van der Waals surface area contributed by atoms with E-state index in [1.54, 1.807) is 46.3 Å². The zero-order valence-corrected chi connectivity index (χ0v) is 18.5. The molecule has 0 unspecified atom stereocenters. The number of hydrogen-bond donors (Lipinski definition) is 0. The quantitative estimate of drug-likeness (QED) is 0.429. The van der Waals surface area contributed by atoms with Gasteiger partial charge >= 0.3 is 0 Å². The van der Waals surface area contributed by atoms with Gasteiger partial charge in [-0.2, -0.15) is 0 Å². The number of rotatable bonds is 6. The molecule has 3 aromatic carbocycles. The van der Waals surface area contributed by atoms with E-state index in [0.29, 0.717) is 40.7 Å². The summed E-state index contributed by atoms with van der Waals surface area (Å²) in [4.78, 5) is 13.4. The highest BCUT2D eigenvalue weighted by Crippen LogP contribution is 2.49. The summed E-state index contributed by atoms with van der Waals surface area (Å²) in [5.41, 5.74) is -0.0760. The zero-order valence-electron chi connectivity index (χ0n) is 18.5. The van der Waals surface area contributed by atoms with Crippen LogP contribution in [0.2, 0.25) is 0 Å². The van der Waals surface area contributed by atoms with Crippen molar-refractivity contribution in [3.05, 3.63) is 40.8 Å². The molecule has 31 heavy (non-hydrogen) atoms. The molecule has 0 amide bonds. The fourth-order valence-electron chi connectivity index (χ4n) is 4.24. The molecule has 0 aliphatic heterocycles. The van der Waals surface area contributed by atoms with E-state index in [0.717, 1.165) is 26.9 Å². The molecule has 0 radical (unpaired) electrons. The fraction of sp³-hybridized carbons (Fsp3) is 0.292. The van der Waals surface area contributed by atoms with Gasteiger partial charge in [-0.05, 0) is 52.7 Å². The Hall–Kier alpha value is -3.61.